The molecule has 0 bridgehead atoms. The summed E-state index contributed by atoms with van der Waals surface area (Å²) < 4.78 is 5.12. The highest BCUT2D eigenvalue weighted by Gasteiger charge is 2.73. The molecular formula is C20H28O7. The summed E-state index contributed by atoms with van der Waals surface area (Å²) in [6, 6.07) is 0. The average molecular weight is 380 g/mol. The fraction of sp³-hybridized carbons (Fsp3) is 0.750. The maximum atomic E-state index is 12.0. The van der Waals surface area contributed by atoms with Crippen LogP contribution in [0.5, 0.6) is 0 Å². The topological polar surface area (TPSA) is 127 Å². The Morgan fingerprint density at radius 2 is 1.85 bits per heavy atom. The summed E-state index contributed by atoms with van der Waals surface area (Å²) in [6.07, 6.45) is 0.549. The van der Waals surface area contributed by atoms with E-state index in [0.29, 0.717) is 12.0 Å². The number of aliphatic hydroxyl groups is 5. The molecule has 0 amide bonds. The summed E-state index contributed by atoms with van der Waals surface area (Å²) in [5.41, 5.74) is -5.63. The lowest BCUT2D eigenvalue weighted by Crippen LogP contribution is -2.78. The molecule has 1 heterocycles. The maximum Gasteiger partial charge on any atom is 0.337 e. The summed E-state index contributed by atoms with van der Waals surface area (Å²) >= 11 is 0. The molecule has 0 unspecified atom stereocenters. The number of esters is 1. The van der Waals surface area contributed by atoms with Crippen molar-refractivity contribution in [1.82, 2.24) is 0 Å². The van der Waals surface area contributed by atoms with Crippen LogP contribution in [-0.4, -0.2) is 67.1 Å². The molecule has 0 saturated heterocycles. The first-order valence-electron chi connectivity index (χ1n) is 9.56. The van der Waals surface area contributed by atoms with Crippen LogP contribution < -0.4 is 0 Å². The minimum atomic E-state index is -1.98. The van der Waals surface area contributed by atoms with Crippen molar-refractivity contribution in [3.63, 3.8) is 0 Å². The summed E-state index contributed by atoms with van der Waals surface area (Å²) in [5, 5.41) is 55.7. The van der Waals surface area contributed by atoms with Gasteiger partial charge in [0.15, 0.2) is 0 Å². The third kappa shape index (κ3) is 2.01. The molecule has 7 heteroatoms. The highest BCUT2D eigenvalue weighted by Crippen LogP contribution is 2.64. The monoisotopic (exact) mass is 380 g/mol. The Balaban J connectivity index is 1.88. The molecule has 0 spiro atoms. The van der Waals surface area contributed by atoms with E-state index in [-0.39, 0.29) is 36.9 Å². The smallest absolute Gasteiger partial charge is 0.337 e. The maximum absolute atomic E-state index is 12.0. The van der Waals surface area contributed by atoms with Gasteiger partial charge in [-0.15, -0.1) is 0 Å². The van der Waals surface area contributed by atoms with Crippen molar-refractivity contribution < 1.29 is 35.1 Å². The van der Waals surface area contributed by atoms with E-state index in [1.165, 1.54) is 12.2 Å². The van der Waals surface area contributed by atoms with Gasteiger partial charge in [-0.25, -0.2) is 4.79 Å². The Labute approximate surface area is 158 Å². The van der Waals surface area contributed by atoms with E-state index in [1.807, 2.05) is 0 Å². The lowest BCUT2D eigenvalue weighted by Gasteiger charge is -2.65. The first kappa shape index (κ1) is 19.1. The van der Waals surface area contributed by atoms with E-state index >= 15 is 0 Å². The molecule has 0 radical (unpaired) electrons. The first-order chi connectivity index (χ1) is 12.4. The van der Waals surface area contributed by atoms with E-state index in [1.54, 1.807) is 20.8 Å². The van der Waals surface area contributed by atoms with Gasteiger partial charge in [0, 0.05) is 5.41 Å². The quantitative estimate of drug-likeness (QED) is 0.315. The molecule has 0 aromatic rings. The normalized spacial score (nSPS) is 51.7. The average Bonchev–Trinajstić information content (AvgIpc) is 2.97. The molecule has 1 fully saturated rings. The lowest BCUT2D eigenvalue weighted by molar-refractivity contribution is -0.296. The Hall–Kier alpha value is -1.25. The van der Waals surface area contributed by atoms with Gasteiger partial charge in [-0.3, -0.25) is 0 Å². The number of rotatable bonds is 1. The molecule has 5 N–H and O–H groups in total. The molecular weight excluding hydrogens is 352 g/mol. The van der Waals surface area contributed by atoms with Crippen molar-refractivity contribution in [2.24, 2.45) is 17.3 Å². The number of carbonyl (C=O) groups excluding carboxylic acids is 1. The van der Waals surface area contributed by atoms with Gasteiger partial charge in [-0.2, -0.15) is 0 Å². The van der Waals surface area contributed by atoms with Gasteiger partial charge in [0.2, 0.25) is 0 Å². The molecule has 7 atom stereocenters. The first-order valence-corrected chi connectivity index (χ1v) is 9.56. The molecule has 4 rings (SSSR count). The van der Waals surface area contributed by atoms with Crippen LogP contribution in [0.4, 0.5) is 0 Å². The van der Waals surface area contributed by atoms with Crippen molar-refractivity contribution >= 4 is 5.97 Å². The Bertz CT molecular complexity index is 757. The van der Waals surface area contributed by atoms with Crippen molar-refractivity contribution in [3.05, 3.63) is 23.3 Å². The van der Waals surface area contributed by atoms with Crippen molar-refractivity contribution in [2.45, 2.75) is 69.0 Å². The van der Waals surface area contributed by atoms with Gasteiger partial charge < -0.3 is 30.3 Å². The molecule has 1 aliphatic heterocycles. The van der Waals surface area contributed by atoms with Crippen LogP contribution in [0.1, 0.15) is 40.0 Å². The van der Waals surface area contributed by atoms with Crippen molar-refractivity contribution in [2.75, 3.05) is 6.61 Å². The zero-order chi connectivity index (χ0) is 20.0. The SMILES string of the molecule is CC(C)[C@]1(O)C=C[C@@]2(O)[C@@]3(C)C[C@H](O)C4=C(COC4=O)[C@@H]3CC[C@@]2(O)[C@@H]1O. The van der Waals surface area contributed by atoms with Gasteiger partial charge >= 0.3 is 5.97 Å². The predicted octanol–water partition coefficient (Wildman–Crippen LogP) is -0.199. The van der Waals surface area contributed by atoms with Crippen LogP contribution >= 0.6 is 0 Å². The largest absolute Gasteiger partial charge is 0.458 e. The van der Waals surface area contributed by atoms with Gasteiger partial charge in [-0.1, -0.05) is 32.9 Å². The number of hydrogen-bond donors (Lipinski definition) is 5. The highest BCUT2D eigenvalue weighted by atomic mass is 16.5. The molecule has 150 valence electrons. The summed E-state index contributed by atoms with van der Waals surface area (Å²) in [5.74, 6) is -1.19. The highest BCUT2D eigenvalue weighted by molar-refractivity contribution is 5.93. The number of ether oxygens (including phenoxy) is 1. The molecule has 7 nitrogen and oxygen atoms in total. The van der Waals surface area contributed by atoms with Crippen molar-refractivity contribution in [3.8, 4) is 0 Å². The van der Waals surface area contributed by atoms with Crippen LogP contribution in [0.2, 0.25) is 0 Å². The van der Waals surface area contributed by atoms with Gasteiger partial charge in [0.1, 0.15) is 29.5 Å². The summed E-state index contributed by atoms with van der Waals surface area (Å²) in [6.45, 7) is 5.30. The minimum Gasteiger partial charge on any atom is -0.458 e. The van der Waals surface area contributed by atoms with Crippen LogP contribution in [-0.2, 0) is 9.53 Å². The number of hydrogen-bond acceptors (Lipinski definition) is 7. The Morgan fingerprint density at radius 1 is 1.19 bits per heavy atom. The van der Waals surface area contributed by atoms with E-state index < -0.39 is 40.4 Å². The van der Waals surface area contributed by atoms with Gasteiger partial charge in [0.05, 0.1) is 11.7 Å². The second-order valence-electron chi connectivity index (χ2n) is 9.21. The van der Waals surface area contributed by atoms with E-state index in [2.05, 4.69) is 0 Å². The fourth-order valence-electron chi connectivity index (χ4n) is 5.98. The Kier molecular flexibility index (Phi) is 3.83. The van der Waals surface area contributed by atoms with Gasteiger partial charge in [-0.05, 0) is 36.7 Å². The lowest BCUT2D eigenvalue weighted by atomic mass is 9.44. The third-order valence-corrected chi connectivity index (χ3v) is 7.82. The molecule has 27 heavy (non-hydrogen) atoms. The molecule has 0 aromatic heterocycles. The number of fused-ring (bicyclic) bond motifs is 4. The second-order valence-corrected chi connectivity index (χ2v) is 9.21. The standard InChI is InChI=1S/C20H28O7/c1-10(2)18(24)6-7-20(26)17(3)8-13(21)14-11(9-27-15(14)22)12(17)4-5-19(20,25)16(18)23/h6-7,10,12-13,16,21,23-26H,4-5,8-9H2,1-3H3/t12-,13-,16+,17-,18+,19+,20+/m0/s1. The van der Waals surface area contributed by atoms with Crippen LogP contribution in [0, 0.1) is 17.3 Å². The minimum absolute atomic E-state index is 0.0432. The zero-order valence-electron chi connectivity index (χ0n) is 15.8. The summed E-state index contributed by atoms with van der Waals surface area (Å²) in [4.78, 5) is 12.0. The van der Waals surface area contributed by atoms with E-state index in [4.69, 9.17) is 4.74 Å². The number of aliphatic hydroxyl groups excluding tert-OH is 2. The van der Waals surface area contributed by atoms with Gasteiger partial charge in [0.25, 0.3) is 0 Å². The van der Waals surface area contributed by atoms with Crippen molar-refractivity contribution in [1.29, 1.82) is 0 Å². The zero-order valence-corrected chi connectivity index (χ0v) is 15.8. The van der Waals surface area contributed by atoms with E-state index in [9.17, 15) is 30.3 Å². The Morgan fingerprint density at radius 3 is 2.48 bits per heavy atom. The van der Waals surface area contributed by atoms with Crippen LogP contribution in [0.3, 0.4) is 0 Å². The molecule has 1 saturated carbocycles. The third-order valence-electron chi connectivity index (χ3n) is 7.82. The number of carbonyl (C=O) groups is 1. The second kappa shape index (κ2) is 5.42. The molecule has 4 aliphatic rings. The summed E-state index contributed by atoms with van der Waals surface area (Å²) in [7, 11) is 0. The molecule has 3 aliphatic carbocycles. The van der Waals surface area contributed by atoms with Crippen LogP contribution in [0.15, 0.2) is 23.3 Å². The van der Waals surface area contributed by atoms with Crippen LogP contribution in [0.25, 0.3) is 0 Å². The van der Waals surface area contributed by atoms with E-state index in [0.717, 1.165) is 0 Å². The molecule has 0 aromatic carbocycles. The fourth-order valence-corrected chi connectivity index (χ4v) is 5.98. The predicted molar refractivity (Wildman–Crippen MR) is 94.3 cm³/mol. The number of cyclic esters (lactones) is 1.